The van der Waals surface area contributed by atoms with Crippen molar-refractivity contribution in [2.45, 2.75) is 26.9 Å². The van der Waals surface area contributed by atoms with E-state index in [1.165, 1.54) is 5.57 Å². The number of ether oxygens (including phenoxy) is 1. The molecule has 2 bridgehead atoms. The number of fused-ring (bicyclic) bond motifs is 2. The lowest BCUT2D eigenvalue weighted by Crippen LogP contribution is -2.55. The Kier molecular flexibility index (Phi) is 2.97. The van der Waals surface area contributed by atoms with Crippen molar-refractivity contribution in [3.05, 3.63) is 24.3 Å². The van der Waals surface area contributed by atoms with Crippen LogP contribution in [0.25, 0.3) is 0 Å². The van der Waals surface area contributed by atoms with Gasteiger partial charge in [0.1, 0.15) is 0 Å². The molecule has 1 N–H and O–H groups in total. The molecule has 1 heterocycles. The Bertz CT molecular complexity index is 321. The van der Waals surface area contributed by atoms with Crippen LogP contribution in [0.4, 0.5) is 0 Å². The van der Waals surface area contributed by atoms with Gasteiger partial charge < -0.3 is 9.84 Å². The summed E-state index contributed by atoms with van der Waals surface area (Å²) in [5.74, 6) is 1.22. The Hall–Kier alpha value is -0.600. The van der Waals surface area contributed by atoms with Gasteiger partial charge in [-0.25, -0.2) is 0 Å². The van der Waals surface area contributed by atoms with Crippen LogP contribution in [0.15, 0.2) is 24.3 Å². The van der Waals surface area contributed by atoms with Crippen molar-refractivity contribution in [3.8, 4) is 0 Å². The second-order valence-corrected chi connectivity index (χ2v) is 5.42. The Morgan fingerprint density at radius 1 is 1.62 bits per heavy atom. The molecule has 0 aromatic carbocycles. The number of allylic oxidation sites excluding steroid dienone is 1. The first-order valence-electron chi connectivity index (χ1n) is 6.10. The summed E-state index contributed by atoms with van der Waals surface area (Å²) in [6, 6.07) is 0. The molecule has 2 rings (SSSR count). The summed E-state index contributed by atoms with van der Waals surface area (Å²) in [4.78, 5) is 0. The van der Waals surface area contributed by atoms with Crippen molar-refractivity contribution in [1.82, 2.24) is 0 Å². The van der Waals surface area contributed by atoms with Gasteiger partial charge in [-0.2, -0.15) is 0 Å². The monoisotopic (exact) mass is 222 g/mol. The third-order valence-electron chi connectivity index (χ3n) is 4.82. The normalized spacial score (nSPS) is 47.4. The van der Waals surface area contributed by atoms with E-state index in [0.717, 1.165) is 0 Å². The van der Waals surface area contributed by atoms with Crippen LogP contribution in [-0.2, 0) is 4.74 Å². The summed E-state index contributed by atoms with van der Waals surface area (Å²) in [7, 11) is 0. The smallest absolute Gasteiger partial charge is 0.0821 e. The van der Waals surface area contributed by atoms with Gasteiger partial charge in [0.25, 0.3) is 0 Å². The van der Waals surface area contributed by atoms with Crippen LogP contribution in [0.2, 0.25) is 0 Å². The minimum Gasteiger partial charge on any atom is -0.396 e. The number of rotatable bonds is 2. The minimum absolute atomic E-state index is 0.0936. The zero-order valence-electron chi connectivity index (χ0n) is 10.4. The van der Waals surface area contributed by atoms with Gasteiger partial charge in [0.15, 0.2) is 0 Å². The number of aliphatic hydroxyl groups is 1. The molecule has 0 radical (unpaired) electrons. The first kappa shape index (κ1) is 11.9. The van der Waals surface area contributed by atoms with Crippen LogP contribution in [0.3, 0.4) is 0 Å². The van der Waals surface area contributed by atoms with Crippen molar-refractivity contribution < 1.29 is 9.84 Å². The average Bonchev–Trinajstić information content (AvgIpc) is 2.26. The van der Waals surface area contributed by atoms with E-state index >= 15 is 0 Å². The topological polar surface area (TPSA) is 29.5 Å². The van der Waals surface area contributed by atoms with E-state index in [4.69, 9.17) is 4.74 Å². The predicted octanol–water partition coefficient (Wildman–Crippen LogP) is 2.40. The predicted molar refractivity (Wildman–Crippen MR) is 65.0 cm³/mol. The molecule has 0 amide bonds. The molecule has 0 aromatic heterocycles. The second kappa shape index (κ2) is 4.01. The van der Waals surface area contributed by atoms with Gasteiger partial charge in [-0.1, -0.05) is 31.6 Å². The van der Waals surface area contributed by atoms with Crippen LogP contribution in [-0.4, -0.2) is 24.4 Å². The van der Waals surface area contributed by atoms with E-state index in [-0.39, 0.29) is 18.1 Å². The highest BCUT2D eigenvalue weighted by Crippen LogP contribution is 2.52. The van der Waals surface area contributed by atoms with Gasteiger partial charge in [-0.15, -0.1) is 6.58 Å². The van der Waals surface area contributed by atoms with Crippen LogP contribution in [0, 0.1) is 23.2 Å². The van der Waals surface area contributed by atoms with Gasteiger partial charge >= 0.3 is 0 Å². The maximum atomic E-state index is 9.74. The Morgan fingerprint density at radius 2 is 2.31 bits per heavy atom. The Morgan fingerprint density at radius 3 is 2.88 bits per heavy atom. The van der Waals surface area contributed by atoms with Gasteiger partial charge in [0.05, 0.1) is 19.3 Å². The quantitative estimate of drug-likeness (QED) is 0.727. The molecular formula is C14H22O2. The highest BCUT2D eigenvalue weighted by molar-refractivity contribution is 5.22. The van der Waals surface area contributed by atoms with Crippen LogP contribution in [0.1, 0.15) is 20.8 Å². The van der Waals surface area contributed by atoms with Gasteiger partial charge in [0, 0.05) is 11.3 Å². The second-order valence-electron chi connectivity index (χ2n) is 5.42. The molecule has 1 aliphatic carbocycles. The first-order chi connectivity index (χ1) is 7.56. The first-order valence-corrected chi connectivity index (χ1v) is 6.10. The third kappa shape index (κ3) is 1.40. The van der Waals surface area contributed by atoms with Crippen molar-refractivity contribution in [2.75, 3.05) is 13.2 Å². The molecule has 2 nitrogen and oxygen atoms in total. The summed E-state index contributed by atoms with van der Waals surface area (Å²) in [5, 5.41) is 9.74. The fourth-order valence-electron chi connectivity index (χ4n) is 3.55. The minimum atomic E-state index is -0.0936. The molecule has 5 atom stereocenters. The zero-order chi connectivity index (χ0) is 11.9. The Labute approximate surface area is 98.0 Å². The van der Waals surface area contributed by atoms with Crippen molar-refractivity contribution in [1.29, 1.82) is 0 Å². The molecule has 2 heteroatoms. The molecule has 2 aliphatic rings. The van der Waals surface area contributed by atoms with Crippen molar-refractivity contribution in [3.63, 3.8) is 0 Å². The average molecular weight is 222 g/mol. The summed E-state index contributed by atoms with van der Waals surface area (Å²) in [5.41, 5.74) is 1.29. The summed E-state index contributed by atoms with van der Waals surface area (Å²) in [6.07, 6.45) is 4.31. The summed E-state index contributed by atoms with van der Waals surface area (Å²) < 4.78 is 5.88. The molecule has 0 unspecified atom stereocenters. The maximum absolute atomic E-state index is 9.74. The molecule has 1 saturated heterocycles. The highest BCUT2D eigenvalue weighted by atomic mass is 16.5. The molecule has 0 spiro atoms. The molecule has 1 fully saturated rings. The van der Waals surface area contributed by atoms with Crippen LogP contribution >= 0.6 is 0 Å². The lowest BCUT2D eigenvalue weighted by Gasteiger charge is -2.54. The van der Waals surface area contributed by atoms with E-state index in [9.17, 15) is 5.11 Å². The van der Waals surface area contributed by atoms with E-state index in [2.05, 4.69) is 33.4 Å². The lowest BCUT2D eigenvalue weighted by molar-refractivity contribution is -0.148. The summed E-state index contributed by atoms with van der Waals surface area (Å²) in [6.45, 7) is 11.3. The fourth-order valence-corrected chi connectivity index (χ4v) is 3.55. The van der Waals surface area contributed by atoms with E-state index in [0.29, 0.717) is 24.4 Å². The number of hydrogen-bond donors (Lipinski definition) is 1. The van der Waals surface area contributed by atoms with Crippen molar-refractivity contribution in [2.24, 2.45) is 23.2 Å². The van der Waals surface area contributed by atoms with Gasteiger partial charge in [-0.05, 0) is 18.8 Å². The SMILES string of the molecule is C=C[C@@H]1OC[C@]2(CO)[C@H](C)[C@H]1C(C)=C[C@@H]2C. The highest BCUT2D eigenvalue weighted by Gasteiger charge is 2.52. The maximum Gasteiger partial charge on any atom is 0.0821 e. The largest absolute Gasteiger partial charge is 0.396 e. The number of hydrogen-bond acceptors (Lipinski definition) is 2. The summed E-state index contributed by atoms with van der Waals surface area (Å²) >= 11 is 0. The molecule has 1 aliphatic heterocycles. The third-order valence-corrected chi connectivity index (χ3v) is 4.82. The van der Waals surface area contributed by atoms with Crippen LogP contribution in [0.5, 0.6) is 0 Å². The molecule has 0 aromatic rings. The molecule has 0 saturated carbocycles. The Balaban J connectivity index is 2.44. The fraction of sp³-hybridized carbons (Fsp3) is 0.714. The van der Waals surface area contributed by atoms with E-state index < -0.39 is 0 Å². The van der Waals surface area contributed by atoms with E-state index in [1.54, 1.807) is 0 Å². The lowest BCUT2D eigenvalue weighted by atomic mass is 9.56. The molecule has 90 valence electrons. The zero-order valence-corrected chi connectivity index (χ0v) is 10.4. The standard InChI is InChI=1S/C14H22O2/c1-5-12-13-9(2)6-10(3)14(7-15,8-16-12)11(13)4/h5-6,10-13,15H,1,7-8H2,2-4H3/t10-,11+,12-,13+,14-/m0/s1. The number of aliphatic hydroxyl groups excluding tert-OH is 1. The van der Waals surface area contributed by atoms with E-state index in [1.807, 2.05) is 6.08 Å². The van der Waals surface area contributed by atoms with Gasteiger partial charge in [0.2, 0.25) is 0 Å². The van der Waals surface area contributed by atoms with Crippen LogP contribution < -0.4 is 0 Å². The van der Waals surface area contributed by atoms with Gasteiger partial charge in [-0.3, -0.25) is 0 Å². The van der Waals surface area contributed by atoms with Crippen molar-refractivity contribution >= 4 is 0 Å². The molecular weight excluding hydrogens is 200 g/mol. The molecule has 16 heavy (non-hydrogen) atoms.